The zero-order chi connectivity index (χ0) is 8.81. The second-order valence-electron chi connectivity index (χ2n) is 2.43. The summed E-state index contributed by atoms with van der Waals surface area (Å²) in [5.74, 6) is 1.22. The van der Waals surface area contributed by atoms with Crippen molar-refractivity contribution in [3.63, 3.8) is 0 Å². The highest BCUT2D eigenvalue weighted by Crippen LogP contribution is 2.00. The number of ether oxygens (including phenoxy) is 1. The van der Waals surface area contributed by atoms with Gasteiger partial charge in [-0.25, -0.2) is 0 Å². The molecular formula is C7H13N3O2. The van der Waals surface area contributed by atoms with Crippen molar-refractivity contribution in [2.75, 3.05) is 13.7 Å². The summed E-state index contributed by atoms with van der Waals surface area (Å²) < 4.78 is 9.76. The Morgan fingerprint density at radius 2 is 2.42 bits per heavy atom. The topological polar surface area (TPSA) is 74.2 Å². The molecule has 0 fully saturated rings. The van der Waals surface area contributed by atoms with E-state index in [1.54, 1.807) is 7.11 Å². The van der Waals surface area contributed by atoms with Crippen molar-refractivity contribution in [3.05, 3.63) is 11.7 Å². The molecule has 0 radical (unpaired) electrons. The summed E-state index contributed by atoms with van der Waals surface area (Å²) in [4.78, 5) is 4.08. The molecule has 2 N–H and O–H groups in total. The maximum Gasteiger partial charge on any atom is 0.226 e. The minimum Gasteiger partial charge on any atom is -0.377 e. The van der Waals surface area contributed by atoms with E-state index in [0.717, 1.165) is 12.8 Å². The Morgan fingerprint density at radius 3 is 3.08 bits per heavy atom. The largest absolute Gasteiger partial charge is 0.377 e. The first-order valence-electron chi connectivity index (χ1n) is 3.87. The molecule has 1 rings (SSSR count). The Balaban J connectivity index is 2.41. The van der Waals surface area contributed by atoms with Gasteiger partial charge in [-0.05, 0) is 13.0 Å². The van der Waals surface area contributed by atoms with Crippen LogP contribution >= 0.6 is 0 Å². The molecule has 5 nitrogen and oxygen atoms in total. The summed E-state index contributed by atoms with van der Waals surface area (Å²) >= 11 is 0. The smallest absolute Gasteiger partial charge is 0.226 e. The van der Waals surface area contributed by atoms with E-state index in [1.165, 1.54) is 0 Å². The van der Waals surface area contributed by atoms with Crippen LogP contribution in [-0.4, -0.2) is 23.8 Å². The molecule has 0 aromatic carbocycles. The summed E-state index contributed by atoms with van der Waals surface area (Å²) in [6.45, 7) is 1.04. The molecule has 1 heterocycles. The highest BCUT2D eigenvalue weighted by molar-refractivity contribution is 4.84. The molecule has 68 valence electrons. The molecule has 12 heavy (non-hydrogen) atoms. The standard InChI is InChI=1S/C7H13N3O2/c1-11-5-6-9-7(12-10-6)3-2-4-8/h2-5,8H2,1H3. The molecule has 1 aromatic heterocycles. The van der Waals surface area contributed by atoms with Gasteiger partial charge in [0, 0.05) is 13.5 Å². The van der Waals surface area contributed by atoms with Crippen LogP contribution < -0.4 is 5.73 Å². The maximum atomic E-state index is 5.33. The van der Waals surface area contributed by atoms with Crippen LogP contribution in [0.1, 0.15) is 18.1 Å². The highest BCUT2D eigenvalue weighted by Gasteiger charge is 2.03. The van der Waals surface area contributed by atoms with Crippen LogP contribution in [0, 0.1) is 0 Å². The van der Waals surface area contributed by atoms with Gasteiger partial charge in [-0.15, -0.1) is 0 Å². The third kappa shape index (κ3) is 2.60. The fraction of sp³-hybridized carbons (Fsp3) is 0.714. The lowest BCUT2D eigenvalue weighted by atomic mass is 10.3. The molecular weight excluding hydrogens is 158 g/mol. The van der Waals surface area contributed by atoms with Gasteiger partial charge < -0.3 is 15.0 Å². The van der Waals surface area contributed by atoms with Crippen LogP contribution in [0.3, 0.4) is 0 Å². The Morgan fingerprint density at radius 1 is 1.58 bits per heavy atom. The second-order valence-corrected chi connectivity index (χ2v) is 2.43. The molecule has 0 aliphatic carbocycles. The number of hydrogen-bond donors (Lipinski definition) is 1. The molecule has 1 aromatic rings. The van der Waals surface area contributed by atoms with Gasteiger partial charge in [0.05, 0.1) is 0 Å². The zero-order valence-electron chi connectivity index (χ0n) is 7.12. The van der Waals surface area contributed by atoms with Crippen molar-refractivity contribution in [3.8, 4) is 0 Å². The molecule has 0 unspecified atom stereocenters. The zero-order valence-corrected chi connectivity index (χ0v) is 7.12. The fourth-order valence-corrected chi connectivity index (χ4v) is 0.833. The number of aromatic nitrogens is 2. The Hall–Kier alpha value is -0.940. The molecule has 0 aliphatic heterocycles. The van der Waals surface area contributed by atoms with E-state index in [-0.39, 0.29) is 0 Å². The molecule has 0 amide bonds. The van der Waals surface area contributed by atoms with E-state index in [2.05, 4.69) is 10.1 Å². The summed E-state index contributed by atoms with van der Waals surface area (Å²) in [7, 11) is 1.59. The second kappa shape index (κ2) is 4.84. The van der Waals surface area contributed by atoms with Crippen LogP contribution in [0.2, 0.25) is 0 Å². The minimum atomic E-state index is 0.395. The molecule has 0 saturated heterocycles. The van der Waals surface area contributed by atoms with Gasteiger partial charge in [0.15, 0.2) is 5.82 Å². The monoisotopic (exact) mass is 171 g/mol. The van der Waals surface area contributed by atoms with Crippen LogP contribution in [0.25, 0.3) is 0 Å². The van der Waals surface area contributed by atoms with Crippen molar-refractivity contribution >= 4 is 0 Å². The predicted molar refractivity (Wildman–Crippen MR) is 42.4 cm³/mol. The van der Waals surface area contributed by atoms with E-state index < -0.39 is 0 Å². The summed E-state index contributed by atoms with van der Waals surface area (Å²) in [5, 5.41) is 3.71. The number of hydrogen-bond acceptors (Lipinski definition) is 5. The van der Waals surface area contributed by atoms with Crippen molar-refractivity contribution in [1.29, 1.82) is 0 Å². The number of methoxy groups -OCH3 is 1. The first-order valence-corrected chi connectivity index (χ1v) is 3.87. The average molecular weight is 171 g/mol. The van der Waals surface area contributed by atoms with Crippen LogP contribution in [0.4, 0.5) is 0 Å². The Labute approximate surface area is 70.9 Å². The predicted octanol–water partition coefficient (Wildman–Crippen LogP) is 0.107. The molecule has 0 bridgehead atoms. The SMILES string of the molecule is COCc1noc(CCCN)n1. The number of nitrogens with two attached hydrogens (primary N) is 1. The Kier molecular flexibility index (Phi) is 3.69. The summed E-state index contributed by atoms with van der Waals surface area (Å²) in [6, 6.07) is 0. The van der Waals surface area contributed by atoms with Crippen LogP contribution in [0.5, 0.6) is 0 Å². The van der Waals surface area contributed by atoms with E-state index in [1.807, 2.05) is 0 Å². The van der Waals surface area contributed by atoms with Crippen LogP contribution in [-0.2, 0) is 17.8 Å². The summed E-state index contributed by atoms with van der Waals surface area (Å²) in [5.41, 5.74) is 5.33. The van der Waals surface area contributed by atoms with E-state index >= 15 is 0 Å². The van der Waals surface area contributed by atoms with Crippen molar-refractivity contribution in [2.24, 2.45) is 5.73 Å². The minimum absolute atomic E-state index is 0.395. The molecule has 0 saturated carbocycles. The lowest BCUT2D eigenvalue weighted by Gasteiger charge is -1.88. The van der Waals surface area contributed by atoms with Crippen molar-refractivity contribution < 1.29 is 9.26 Å². The number of nitrogens with zero attached hydrogens (tertiary/aromatic N) is 2. The van der Waals surface area contributed by atoms with Gasteiger partial charge >= 0.3 is 0 Å². The van der Waals surface area contributed by atoms with Gasteiger partial charge in [-0.3, -0.25) is 0 Å². The Bertz CT molecular complexity index is 224. The molecule has 0 spiro atoms. The normalized spacial score (nSPS) is 10.5. The molecule has 5 heteroatoms. The van der Waals surface area contributed by atoms with E-state index in [4.69, 9.17) is 15.0 Å². The van der Waals surface area contributed by atoms with E-state index in [0.29, 0.717) is 24.9 Å². The first-order chi connectivity index (χ1) is 5.86. The quantitative estimate of drug-likeness (QED) is 0.680. The fourth-order valence-electron chi connectivity index (χ4n) is 0.833. The summed E-state index contributed by atoms with van der Waals surface area (Å²) in [6.07, 6.45) is 1.61. The maximum absolute atomic E-state index is 5.33. The van der Waals surface area contributed by atoms with Gasteiger partial charge in [-0.1, -0.05) is 5.16 Å². The number of aryl methyl sites for hydroxylation is 1. The average Bonchev–Trinajstić information content (AvgIpc) is 2.50. The van der Waals surface area contributed by atoms with E-state index in [9.17, 15) is 0 Å². The van der Waals surface area contributed by atoms with Gasteiger partial charge in [0.25, 0.3) is 0 Å². The molecule has 0 atom stereocenters. The van der Waals surface area contributed by atoms with Gasteiger partial charge in [-0.2, -0.15) is 4.98 Å². The number of rotatable bonds is 5. The van der Waals surface area contributed by atoms with Gasteiger partial charge in [0.2, 0.25) is 5.89 Å². The third-order valence-corrected chi connectivity index (χ3v) is 1.38. The molecule has 0 aliphatic rings. The van der Waals surface area contributed by atoms with Crippen molar-refractivity contribution in [1.82, 2.24) is 10.1 Å². The lowest BCUT2D eigenvalue weighted by Crippen LogP contribution is -2.00. The van der Waals surface area contributed by atoms with Gasteiger partial charge in [0.1, 0.15) is 6.61 Å². The van der Waals surface area contributed by atoms with Crippen LogP contribution in [0.15, 0.2) is 4.52 Å². The third-order valence-electron chi connectivity index (χ3n) is 1.38. The first kappa shape index (κ1) is 9.15. The lowest BCUT2D eigenvalue weighted by molar-refractivity contribution is 0.174. The highest BCUT2D eigenvalue weighted by atomic mass is 16.5. The van der Waals surface area contributed by atoms with Crippen molar-refractivity contribution in [2.45, 2.75) is 19.4 Å².